The first-order valence-electron chi connectivity index (χ1n) is 5.15. The minimum Gasteiger partial charge on any atom is -0.329 e. The highest BCUT2D eigenvalue weighted by Gasteiger charge is 2.38. The van der Waals surface area contributed by atoms with Gasteiger partial charge in [-0.1, -0.05) is 29.4 Å². The lowest BCUT2D eigenvalue weighted by Gasteiger charge is -2.00. The van der Waals surface area contributed by atoms with E-state index in [-0.39, 0.29) is 5.82 Å². The van der Waals surface area contributed by atoms with Crippen LogP contribution in [0.1, 0.15) is 11.5 Å². The summed E-state index contributed by atoms with van der Waals surface area (Å²) >= 11 is 0. The van der Waals surface area contributed by atoms with Crippen molar-refractivity contribution >= 4 is 0 Å². The summed E-state index contributed by atoms with van der Waals surface area (Å²) in [6.45, 7) is 0.681. The maximum Gasteiger partial charge on any atom is 0.471 e. The molecule has 0 spiro atoms. The molecule has 1 aromatic carbocycles. The molecule has 1 N–H and O–H groups in total. The maximum absolute atomic E-state index is 12.3. The first-order valence-corrected chi connectivity index (χ1v) is 5.15. The molecule has 0 saturated heterocycles. The van der Waals surface area contributed by atoms with Gasteiger partial charge in [0.25, 0.3) is 0 Å². The molecule has 0 bridgehead atoms. The predicted octanol–water partition coefficient (Wildman–Crippen LogP) is 2.47. The van der Waals surface area contributed by atoms with E-state index in [4.69, 9.17) is 0 Å². The van der Waals surface area contributed by atoms with Crippen LogP contribution in [0.5, 0.6) is 0 Å². The van der Waals surface area contributed by atoms with Crippen molar-refractivity contribution in [3.8, 4) is 11.4 Å². The van der Waals surface area contributed by atoms with Gasteiger partial charge in [-0.05, 0) is 12.6 Å². The Labute approximate surface area is 101 Å². The number of benzene rings is 1. The summed E-state index contributed by atoms with van der Waals surface area (Å²) in [6.07, 6.45) is -4.61. The number of aromatic nitrogens is 2. The molecule has 2 aromatic rings. The molecule has 1 aromatic heterocycles. The van der Waals surface area contributed by atoms with Crippen LogP contribution in [0.3, 0.4) is 0 Å². The van der Waals surface area contributed by atoms with Gasteiger partial charge >= 0.3 is 12.1 Å². The second kappa shape index (κ2) is 4.77. The highest BCUT2D eigenvalue weighted by Crippen LogP contribution is 2.29. The van der Waals surface area contributed by atoms with Crippen LogP contribution in [0.15, 0.2) is 28.8 Å². The summed E-state index contributed by atoms with van der Waals surface area (Å²) in [5.41, 5.74) is 1.50. The summed E-state index contributed by atoms with van der Waals surface area (Å²) in [5, 5.41) is 6.28. The number of nitrogens with one attached hydrogen (secondary N) is 1. The Hall–Kier alpha value is -1.89. The third-order valence-corrected chi connectivity index (χ3v) is 2.26. The molecule has 0 amide bonds. The number of nitrogens with zero attached hydrogens (tertiary/aromatic N) is 2. The van der Waals surface area contributed by atoms with E-state index < -0.39 is 12.1 Å². The Morgan fingerprint density at radius 3 is 2.39 bits per heavy atom. The highest BCUT2D eigenvalue weighted by atomic mass is 19.4. The molecular formula is C11H10F3N3O. The van der Waals surface area contributed by atoms with Crippen molar-refractivity contribution in [3.05, 3.63) is 35.7 Å². The van der Waals surface area contributed by atoms with Gasteiger partial charge in [0.1, 0.15) is 0 Å². The Bertz CT molecular complexity index is 519. The molecule has 0 aliphatic heterocycles. The molecule has 0 fully saturated rings. The number of rotatable bonds is 3. The molecule has 0 atom stereocenters. The molecule has 2 rings (SSSR count). The molecule has 4 nitrogen and oxygen atoms in total. The van der Waals surface area contributed by atoms with Gasteiger partial charge in [0.15, 0.2) is 0 Å². The van der Waals surface area contributed by atoms with E-state index in [0.29, 0.717) is 12.1 Å². The maximum atomic E-state index is 12.3. The summed E-state index contributed by atoms with van der Waals surface area (Å²) in [5.74, 6) is -1.41. The van der Waals surface area contributed by atoms with Crippen LogP contribution in [0.25, 0.3) is 11.4 Å². The summed E-state index contributed by atoms with van der Waals surface area (Å²) in [7, 11) is 1.81. The number of halogens is 3. The molecule has 0 aliphatic carbocycles. The van der Waals surface area contributed by atoms with Crippen molar-refractivity contribution in [2.45, 2.75) is 12.7 Å². The van der Waals surface area contributed by atoms with Gasteiger partial charge in [-0.15, -0.1) is 0 Å². The van der Waals surface area contributed by atoms with E-state index in [1.807, 2.05) is 7.05 Å². The smallest absolute Gasteiger partial charge is 0.329 e. The summed E-state index contributed by atoms with van der Waals surface area (Å²) in [6, 6.07) is 6.88. The van der Waals surface area contributed by atoms with E-state index in [1.54, 1.807) is 24.3 Å². The molecule has 1 heterocycles. The Balaban J connectivity index is 2.23. The van der Waals surface area contributed by atoms with Crippen molar-refractivity contribution in [2.24, 2.45) is 0 Å². The number of hydrogen-bond acceptors (Lipinski definition) is 4. The molecule has 0 aliphatic rings. The van der Waals surface area contributed by atoms with Gasteiger partial charge in [0.2, 0.25) is 5.82 Å². The van der Waals surface area contributed by atoms with Crippen molar-refractivity contribution in [1.29, 1.82) is 0 Å². The van der Waals surface area contributed by atoms with Crippen LogP contribution < -0.4 is 5.32 Å². The summed E-state index contributed by atoms with van der Waals surface area (Å²) < 4.78 is 41.0. The predicted molar refractivity (Wildman–Crippen MR) is 57.5 cm³/mol. The lowest BCUT2D eigenvalue weighted by atomic mass is 10.1. The lowest BCUT2D eigenvalue weighted by molar-refractivity contribution is -0.159. The third-order valence-electron chi connectivity index (χ3n) is 2.26. The normalized spacial score (nSPS) is 11.8. The van der Waals surface area contributed by atoms with Crippen LogP contribution in [-0.2, 0) is 12.7 Å². The van der Waals surface area contributed by atoms with E-state index in [1.165, 1.54) is 0 Å². The molecule has 0 unspecified atom stereocenters. The topological polar surface area (TPSA) is 51.0 Å². The van der Waals surface area contributed by atoms with Crippen LogP contribution in [0.4, 0.5) is 13.2 Å². The Morgan fingerprint density at radius 2 is 1.89 bits per heavy atom. The Morgan fingerprint density at radius 1 is 1.22 bits per heavy atom. The minimum absolute atomic E-state index is 0.0710. The van der Waals surface area contributed by atoms with Gasteiger partial charge in [-0.2, -0.15) is 18.2 Å². The van der Waals surface area contributed by atoms with Crippen molar-refractivity contribution in [2.75, 3.05) is 7.05 Å². The van der Waals surface area contributed by atoms with E-state index in [2.05, 4.69) is 20.0 Å². The highest BCUT2D eigenvalue weighted by molar-refractivity contribution is 5.54. The average Bonchev–Trinajstić information content (AvgIpc) is 2.79. The van der Waals surface area contributed by atoms with Crippen LogP contribution in [0.2, 0.25) is 0 Å². The van der Waals surface area contributed by atoms with Gasteiger partial charge in [0, 0.05) is 12.1 Å². The first kappa shape index (κ1) is 12.6. The van der Waals surface area contributed by atoms with Crippen LogP contribution in [-0.4, -0.2) is 17.2 Å². The quantitative estimate of drug-likeness (QED) is 0.917. The molecular weight excluding hydrogens is 247 g/mol. The fourth-order valence-electron chi connectivity index (χ4n) is 1.43. The molecule has 18 heavy (non-hydrogen) atoms. The van der Waals surface area contributed by atoms with E-state index in [9.17, 15) is 13.2 Å². The largest absolute Gasteiger partial charge is 0.471 e. The van der Waals surface area contributed by atoms with Gasteiger partial charge in [-0.25, -0.2) is 0 Å². The zero-order valence-electron chi connectivity index (χ0n) is 9.45. The van der Waals surface area contributed by atoms with E-state index in [0.717, 1.165) is 5.56 Å². The zero-order valence-corrected chi connectivity index (χ0v) is 9.45. The van der Waals surface area contributed by atoms with Crippen LogP contribution in [0, 0.1) is 0 Å². The molecule has 0 radical (unpaired) electrons. The van der Waals surface area contributed by atoms with E-state index >= 15 is 0 Å². The van der Waals surface area contributed by atoms with Crippen molar-refractivity contribution in [1.82, 2.24) is 15.5 Å². The number of hydrogen-bond donors (Lipinski definition) is 1. The molecule has 0 saturated carbocycles. The second-order valence-corrected chi connectivity index (χ2v) is 3.65. The van der Waals surface area contributed by atoms with Crippen molar-refractivity contribution in [3.63, 3.8) is 0 Å². The fraction of sp³-hybridized carbons (Fsp3) is 0.273. The van der Waals surface area contributed by atoms with Gasteiger partial charge in [0.05, 0.1) is 0 Å². The lowest BCUT2D eigenvalue weighted by Crippen LogP contribution is -2.05. The SMILES string of the molecule is CNCc1ccc(-c2noc(C(F)(F)F)n2)cc1. The average molecular weight is 257 g/mol. The summed E-state index contributed by atoms with van der Waals surface area (Å²) in [4.78, 5) is 3.31. The standard InChI is InChI=1S/C11H10F3N3O/c1-15-6-7-2-4-8(5-3-7)9-16-10(18-17-9)11(12,13)14/h2-5,15H,6H2,1H3. The second-order valence-electron chi connectivity index (χ2n) is 3.65. The first-order chi connectivity index (χ1) is 8.50. The van der Waals surface area contributed by atoms with Gasteiger partial charge < -0.3 is 9.84 Å². The molecule has 96 valence electrons. The monoisotopic (exact) mass is 257 g/mol. The number of alkyl halides is 3. The fourth-order valence-corrected chi connectivity index (χ4v) is 1.43. The Kier molecular flexibility index (Phi) is 3.33. The third kappa shape index (κ3) is 2.67. The minimum atomic E-state index is -4.61. The van der Waals surface area contributed by atoms with Crippen LogP contribution >= 0.6 is 0 Å². The van der Waals surface area contributed by atoms with Crippen molar-refractivity contribution < 1.29 is 17.7 Å². The van der Waals surface area contributed by atoms with Gasteiger partial charge in [-0.3, -0.25) is 0 Å². The molecule has 7 heteroatoms. The zero-order chi connectivity index (χ0) is 13.2.